The summed E-state index contributed by atoms with van der Waals surface area (Å²) in [6.07, 6.45) is 5.88. The van der Waals surface area contributed by atoms with E-state index >= 15 is 0 Å². The summed E-state index contributed by atoms with van der Waals surface area (Å²) in [5.74, 6) is -0.0167. The standard InChI is InChI=1S/C18H26O4/c1-12(7-6-8-13(2)19)15(21)11-18-16(3,4)9-14(20)10-17(18,5)22-18/h6-8,14,20H,9-11H2,1-5H3/b8-6+,12-7+/t14-,17+,18-/m0/s1. The molecule has 4 nitrogen and oxygen atoms in total. The number of hydrogen-bond donors (Lipinski definition) is 1. The average Bonchev–Trinajstić information content (AvgIpc) is 2.93. The Bertz CT molecular complexity index is 557. The lowest BCUT2D eigenvalue weighted by Crippen LogP contribution is -2.48. The van der Waals surface area contributed by atoms with Gasteiger partial charge in [0.2, 0.25) is 0 Å². The number of aliphatic hydroxyl groups is 1. The minimum absolute atomic E-state index is 0.0291. The van der Waals surface area contributed by atoms with Crippen LogP contribution in [-0.2, 0) is 14.3 Å². The number of hydrogen-bond acceptors (Lipinski definition) is 4. The number of aliphatic hydroxyl groups excluding tert-OH is 1. The summed E-state index contributed by atoms with van der Waals surface area (Å²) in [6.45, 7) is 9.33. The van der Waals surface area contributed by atoms with E-state index in [2.05, 4.69) is 13.8 Å². The minimum atomic E-state index is -0.490. The lowest BCUT2D eigenvalue weighted by molar-refractivity contribution is -0.118. The van der Waals surface area contributed by atoms with Crippen LogP contribution in [0.4, 0.5) is 0 Å². The fourth-order valence-corrected chi connectivity index (χ4v) is 3.94. The van der Waals surface area contributed by atoms with Crippen molar-refractivity contribution in [2.75, 3.05) is 0 Å². The molecule has 0 unspecified atom stereocenters. The van der Waals surface area contributed by atoms with Crippen molar-refractivity contribution >= 4 is 11.6 Å². The number of carbonyl (C=O) groups excluding carboxylic acids is 2. The molecule has 0 aromatic carbocycles. The first-order valence-electron chi connectivity index (χ1n) is 7.80. The zero-order chi connectivity index (χ0) is 16.8. The molecule has 2 rings (SSSR count). The van der Waals surface area contributed by atoms with Gasteiger partial charge >= 0.3 is 0 Å². The van der Waals surface area contributed by atoms with Crippen LogP contribution in [0.25, 0.3) is 0 Å². The third-order valence-electron chi connectivity index (χ3n) is 5.20. The van der Waals surface area contributed by atoms with Gasteiger partial charge in [-0.05, 0) is 44.3 Å². The predicted octanol–water partition coefficient (Wildman–Crippen LogP) is 2.75. The highest BCUT2D eigenvalue weighted by molar-refractivity contribution is 5.96. The fourth-order valence-electron chi connectivity index (χ4n) is 3.94. The second-order valence-corrected chi connectivity index (χ2v) is 7.53. The molecular weight excluding hydrogens is 280 g/mol. The van der Waals surface area contributed by atoms with Crippen molar-refractivity contribution < 1.29 is 19.4 Å². The van der Waals surface area contributed by atoms with E-state index in [1.165, 1.54) is 13.0 Å². The summed E-state index contributed by atoms with van der Waals surface area (Å²) in [6, 6.07) is 0. The summed E-state index contributed by atoms with van der Waals surface area (Å²) >= 11 is 0. The molecule has 1 saturated carbocycles. The molecule has 2 fully saturated rings. The second-order valence-electron chi connectivity index (χ2n) is 7.53. The van der Waals surface area contributed by atoms with E-state index in [4.69, 9.17) is 4.74 Å². The zero-order valence-corrected chi connectivity index (χ0v) is 14.1. The Morgan fingerprint density at radius 1 is 1.23 bits per heavy atom. The Morgan fingerprint density at radius 3 is 2.41 bits per heavy atom. The van der Waals surface area contributed by atoms with E-state index < -0.39 is 11.2 Å². The predicted molar refractivity (Wildman–Crippen MR) is 84.4 cm³/mol. The second kappa shape index (κ2) is 5.43. The molecule has 0 aromatic rings. The Balaban J connectivity index is 2.13. The molecule has 3 atom stereocenters. The van der Waals surface area contributed by atoms with E-state index in [0.29, 0.717) is 24.8 Å². The Kier molecular flexibility index (Phi) is 4.22. The minimum Gasteiger partial charge on any atom is -0.393 e. The van der Waals surface area contributed by atoms with Gasteiger partial charge in [0.25, 0.3) is 0 Å². The topological polar surface area (TPSA) is 66.9 Å². The first-order chi connectivity index (χ1) is 10.0. The largest absolute Gasteiger partial charge is 0.393 e. The molecule has 4 heteroatoms. The molecule has 0 aromatic heterocycles. The van der Waals surface area contributed by atoms with E-state index in [1.54, 1.807) is 19.1 Å². The Hall–Kier alpha value is -1.26. The van der Waals surface area contributed by atoms with Crippen LogP contribution in [0.3, 0.4) is 0 Å². The monoisotopic (exact) mass is 306 g/mol. The molecule has 1 aliphatic heterocycles. The van der Waals surface area contributed by atoms with Gasteiger partial charge in [-0.1, -0.05) is 26.0 Å². The molecule has 0 bridgehead atoms. The Labute approximate surface area is 132 Å². The highest BCUT2D eigenvalue weighted by Crippen LogP contribution is 2.67. The molecule has 1 N–H and O–H groups in total. The van der Waals surface area contributed by atoms with E-state index in [0.717, 1.165) is 0 Å². The summed E-state index contributed by atoms with van der Waals surface area (Å²) < 4.78 is 6.02. The van der Waals surface area contributed by atoms with Gasteiger partial charge in [0.15, 0.2) is 11.6 Å². The number of allylic oxidation sites excluding steroid dienone is 4. The third-order valence-corrected chi connectivity index (χ3v) is 5.20. The quantitative estimate of drug-likeness (QED) is 0.482. The summed E-state index contributed by atoms with van der Waals surface area (Å²) in [5, 5.41) is 10.0. The van der Waals surface area contributed by atoms with E-state index in [1.807, 2.05) is 6.92 Å². The van der Waals surface area contributed by atoms with Crippen molar-refractivity contribution in [3.05, 3.63) is 23.8 Å². The number of epoxide rings is 1. The Morgan fingerprint density at radius 2 is 1.86 bits per heavy atom. The highest BCUT2D eigenvalue weighted by atomic mass is 16.6. The number of rotatable bonds is 5. The molecular formula is C18H26O4. The van der Waals surface area contributed by atoms with Crippen molar-refractivity contribution in [3.63, 3.8) is 0 Å². The third kappa shape index (κ3) is 2.82. The van der Waals surface area contributed by atoms with Gasteiger partial charge in [-0.15, -0.1) is 0 Å². The van der Waals surface area contributed by atoms with Crippen molar-refractivity contribution in [2.24, 2.45) is 5.41 Å². The van der Waals surface area contributed by atoms with Crippen LogP contribution < -0.4 is 0 Å². The molecule has 0 amide bonds. The van der Waals surface area contributed by atoms with Crippen LogP contribution in [0.2, 0.25) is 0 Å². The van der Waals surface area contributed by atoms with Gasteiger partial charge in [0, 0.05) is 12.8 Å². The van der Waals surface area contributed by atoms with Gasteiger partial charge in [-0.25, -0.2) is 0 Å². The lowest BCUT2D eigenvalue weighted by Gasteiger charge is -2.40. The number of ether oxygens (including phenoxy) is 1. The lowest BCUT2D eigenvalue weighted by atomic mass is 9.61. The zero-order valence-electron chi connectivity index (χ0n) is 14.1. The van der Waals surface area contributed by atoms with Crippen LogP contribution in [0.15, 0.2) is 23.8 Å². The first-order valence-corrected chi connectivity index (χ1v) is 7.80. The molecule has 22 heavy (non-hydrogen) atoms. The van der Waals surface area contributed by atoms with E-state index in [-0.39, 0.29) is 23.1 Å². The van der Waals surface area contributed by atoms with Crippen molar-refractivity contribution in [1.29, 1.82) is 0 Å². The smallest absolute Gasteiger partial charge is 0.161 e. The molecule has 2 aliphatic rings. The maximum absolute atomic E-state index is 12.5. The van der Waals surface area contributed by atoms with Crippen LogP contribution in [0.1, 0.15) is 53.9 Å². The van der Waals surface area contributed by atoms with Crippen LogP contribution in [0, 0.1) is 5.41 Å². The number of fused-ring (bicyclic) bond motifs is 1. The fraction of sp³-hybridized carbons (Fsp3) is 0.667. The van der Waals surface area contributed by atoms with Gasteiger partial charge in [0.05, 0.1) is 11.7 Å². The normalized spacial score (nSPS) is 37.0. The molecule has 1 aliphatic carbocycles. The maximum atomic E-state index is 12.5. The van der Waals surface area contributed by atoms with E-state index in [9.17, 15) is 14.7 Å². The summed E-state index contributed by atoms with van der Waals surface area (Å²) in [7, 11) is 0. The highest BCUT2D eigenvalue weighted by Gasteiger charge is 2.76. The van der Waals surface area contributed by atoms with Crippen molar-refractivity contribution in [2.45, 2.75) is 71.2 Å². The average molecular weight is 306 g/mol. The van der Waals surface area contributed by atoms with Crippen LogP contribution >= 0.6 is 0 Å². The number of ketones is 2. The van der Waals surface area contributed by atoms with Gasteiger partial charge in [-0.2, -0.15) is 0 Å². The van der Waals surface area contributed by atoms with Gasteiger partial charge in [-0.3, -0.25) is 9.59 Å². The van der Waals surface area contributed by atoms with Gasteiger partial charge in [0.1, 0.15) is 5.60 Å². The van der Waals surface area contributed by atoms with Crippen molar-refractivity contribution in [1.82, 2.24) is 0 Å². The first kappa shape index (κ1) is 17.1. The van der Waals surface area contributed by atoms with Crippen LogP contribution in [0.5, 0.6) is 0 Å². The molecule has 122 valence electrons. The number of carbonyl (C=O) groups is 2. The summed E-state index contributed by atoms with van der Waals surface area (Å²) in [5.41, 5.74) is -0.536. The SMILES string of the molecule is CC(=O)/C=C/C=C(\C)C(=O)C[C@@]12O[C@]1(C)C[C@@H](O)CC2(C)C. The van der Waals surface area contributed by atoms with Crippen LogP contribution in [-0.4, -0.2) is 34.0 Å². The molecule has 0 spiro atoms. The summed E-state index contributed by atoms with van der Waals surface area (Å²) in [4.78, 5) is 23.4. The van der Waals surface area contributed by atoms with Gasteiger partial charge < -0.3 is 9.84 Å². The maximum Gasteiger partial charge on any atom is 0.161 e. The number of Topliss-reactive ketones (excluding diaryl/α,β-unsaturated/α-hetero) is 1. The van der Waals surface area contributed by atoms with Crippen molar-refractivity contribution in [3.8, 4) is 0 Å². The molecule has 1 heterocycles. The molecule has 0 radical (unpaired) electrons. The molecule has 1 saturated heterocycles.